The Morgan fingerprint density at radius 2 is 1.63 bits per heavy atom. The van der Waals surface area contributed by atoms with Gasteiger partial charge in [-0.05, 0) is 48.3 Å². The quantitative estimate of drug-likeness (QED) is 0.548. The van der Waals surface area contributed by atoms with Crippen LogP contribution in [-0.4, -0.2) is 26.5 Å². The monoisotopic (exact) mass is 321 g/mol. The fourth-order valence-electron chi connectivity index (χ4n) is 1.17. The summed E-state index contributed by atoms with van der Waals surface area (Å²) in [7, 11) is 0. The maximum atomic E-state index is 5.83. The SMILES string of the molecule is CCCCSN(SCCCC)c1nc(N)nc(Cl)n1. The molecular weight excluding hydrogens is 302 g/mol. The molecule has 0 amide bonds. The molecular formula is C11H20ClN5S2. The minimum absolute atomic E-state index is 0.139. The van der Waals surface area contributed by atoms with Crippen LogP contribution in [0.4, 0.5) is 11.9 Å². The molecule has 1 heterocycles. The van der Waals surface area contributed by atoms with Crippen molar-refractivity contribution in [1.29, 1.82) is 0 Å². The zero-order valence-electron chi connectivity index (χ0n) is 11.3. The highest BCUT2D eigenvalue weighted by Gasteiger charge is 2.13. The predicted octanol–water partition coefficient (Wildman–Crippen LogP) is 3.81. The second-order valence-electron chi connectivity index (χ2n) is 3.89. The van der Waals surface area contributed by atoms with Gasteiger partial charge in [0.2, 0.25) is 11.2 Å². The van der Waals surface area contributed by atoms with E-state index in [1.54, 1.807) is 23.9 Å². The summed E-state index contributed by atoms with van der Waals surface area (Å²) in [5.74, 6) is 2.74. The Balaban J connectivity index is 2.69. The largest absolute Gasteiger partial charge is 0.368 e. The molecule has 0 aromatic carbocycles. The van der Waals surface area contributed by atoms with Crippen LogP contribution in [0.5, 0.6) is 0 Å². The number of nitrogens with two attached hydrogens (primary N) is 1. The van der Waals surface area contributed by atoms with Crippen LogP contribution in [0.1, 0.15) is 39.5 Å². The summed E-state index contributed by atoms with van der Waals surface area (Å²) in [4.78, 5) is 12.1. The first-order valence-corrected chi connectivity index (χ1v) is 8.66. The summed E-state index contributed by atoms with van der Waals surface area (Å²) in [6, 6.07) is 0. The van der Waals surface area contributed by atoms with Gasteiger partial charge in [-0.15, -0.1) is 0 Å². The zero-order valence-corrected chi connectivity index (χ0v) is 13.7. The van der Waals surface area contributed by atoms with Gasteiger partial charge in [-0.2, -0.15) is 15.0 Å². The van der Waals surface area contributed by atoms with Crippen molar-refractivity contribution in [1.82, 2.24) is 15.0 Å². The third-order valence-electron chi connectivity index (χ3n) is 2.19. The van der Waals surface area contributed by atoms with Crippen LogP contribution in [0, 0.1) is 0 Å². The van der Waals surface area contributed by atoms with E-state index >= 15 is 0 Å². The molecule has 0 aliphatic carbocycles. The molecule has 8 heteroatoms. The maximum Gasteiger partial charge on any atom is 0.252 e. The van der Waals surface area contributed by atoms with E-state index < -0.39 is 0 Å². The second kappa shape index (κ2) is 9.50. The first kappa shape index (κ1) is 16.7. The molecule has 0 bridgehead atoms. The smallest absolute Gasteiger partial charge is 0.252 e. The molecule has 0 fully saturated rings. The molecule has 0 aliphatic rings. The van der Waals surface area contributed by atoms with E-state index in [2.05, 4.69) is 28.8 Å². The number of nitrogens with zero attached hydrogens (tertiary/aromatic N) is 4. The molecule has 0 aliphatic heterocycles. The summed E-state index contributed by atoms with van der Waals surface area (Å²) in [6.07, 6.45) is 4.65. The van der Waals surface area contributed by atoms with Crippen molar-refractivity contribution in [3.05, 3.63) is 5.28 Å². The van der Waals surface area contributed by atoms with Gasteiger partial charge < -0.3 is 5.73 Å². The first-order chi connectivity index (χ1) is 9.17. The molecule has 0 spiro atoms. The predicted molar refractivity (Wildman–Crippen MR) is 86.5 cm³/mol. The van der Waals surface area contributed by atoms with Gasteiger partial charge in [-0.25, -0.2) is 3.71 Å². The number of aromatic nitrogens is 3. The molecule has 2 N–H and O–H groups in total. The molecule has 0 unspecified atom stereocenters. The van der Waals surface area contributed by atoms with Crippen molar-refractivity contribution >= 4 is 47.4 Å². The van der Waals surface area contributed by atoms with E-state index in [0.29, 0.717) is 5.95 Å². The van der Waals surface area contributed by atoms with Crippen molar-refractivity contribution in [3.63, 3.8) is 0 Å². The summed E-state index contributed by atoms with van der Waals surface area (Å²) >= 11 is 9.22. The number of anilines is 2. The topological polar surface area (TPSA) is 67.9 Å². The Morgan fingerprint density at radius 3 is 2.11 bits per heavy atom. The average Bonchev–Trinajstić information content (AvgIpc) is 2.36. The van der Waals surface area contributed by atoms with Gasteiger partial charge in [-0.3, -0.25) is 0 Å². The van der Waals surface area contributed by atoms with Crippen LogP contribution in [0.3, 0.4) is 0 Å². The van der Waals surface area contributed by atoms with Crippen LogP contribution in [0.2, 0.25) is 5.28 Å². The lowest BCUT2D eigenvalue weighted by Gasteiger charge is -2.19. The van der Waals surface area contributed by atoms with Crippen molar-refractivity contribution in [2.75, 3.05) is 20.9 Å². The van der Waals surface area contributed by atoms with Gasteiger partial charge in [0.25, 0.3) is 5.95 Å². The van der Waals surface area contributed by atoms with E-state index in [4.69, 9.17) is 17.3 Å². The fourth-order valence-corrected chi connectivity index (χ4v) is 3.64. The van der Waals surface area contributed by atoms with E-state index in [0.717, 1.165) is 24.3 Å². The molecule has 5 nitrogen and oxygen atoms in total. The summed E-state index contributed by atoms with van der Waals surface area (Å²) in [6.45, 7) is 4.35. The van der Waals surface area contributed by atoms with Crippen LogP contribution in [0.25, 0.3) is 0 Å². The normalized spacial score (nSPS) is 10.7. The number of hydrogen-bond acceptors (Lipinski definition) is 7. The van der Waals surface area contributed by atoms with Gasteiger partial charge in [0.1, 0.15) is 0 Å². The molecule has 1 aromatic rings. The van der Waals surface area contributed by atoms with Crippen molar-refractivity contribution in [2.24, 2.45) is 0 Å². The number of nitrogen functional groups attached to an aromatic ring is 1. The lowest BCUT2D eigenvalue weighted by Crippen LogP contribution is -2.12. The summed E-state index contributed by atoms with van der Waals surface area (Å²) < 4.78 is 2.00. The second-order valence-corrected chi connectivity index (χ2v) is 6.53. The van der Waals surface area contributed by atoms with Gasteiger partial charge in [0.05, 0.1) is 0 Å². The number of unbranched alkanes of at least 4 members (excludes halogenated alkanes) is 2. The van der Waals surface area contributed by atoms with E-state index in [1.807, 2.05) is 3.71 Å². The minimum Gasteiger partial charge on any atom is -0.368 e. The number of halogens is 1. The molecule has 0 saturated heterocycles. The van der Waals surface area contributed by atoms with Crippen molar-refractivity contribution in [2.45, 2.75) is 39.5 Å². The summed E-state index contributed by atoms with van der Waals surface area (Å²) in [5, 5.41) is 0.139. The van der Waals surface area contributed by atoms with Crippen LogP contribution in [-0.2, 0) is 0 Å². The first-order valence-electron chi connectivity index (χ1n) is 6.40. The van der Waals surface area contributed by atoms with Gasteiger partial charge in [0, 0.05) is 11.5 Å². The highest BCUT2D eigenvalue weighted by molar-refractivity contribution is 8.18. The molecule has 19 heavy (non-hydrogen) atoms. The van der Waals surface area contributed by atoms with E-state index in [1.165, 1.54) is 12.8 Å². The van der Waals surface area contributed by atoms with Gasteiger partial charge in [-0.1, -0.05) is 26.7 Å². The average molecular weight is 322 g/mol. The zero-order chi connectivity index (χ0) is 14.1. The Morgan fingerprint density at radius 1 is 1.05 bits per heavy atom. The molecule has 1 rings (SSSR count). The van der Waals surface area contributed by atoms with Crippen LogP contribution >= 0.6 is 35.5 Å². The Bertz CT molecular complexity index is 350. The van der Waals surface area contributed by atoms with Crippen LogP contribution < -0.4 is 9.44 Å². The third kappa shape index (κ3) is 6.54. The van der Waals surface area contributed by atoms with Crippen molar-refractivity contribution < 1.29 is 0 Å². The standard InChI is InChI=1S/C11H20ClN5S2/c1-3-5-7-18-17(19-8-6-4-2)11-15-9(12)14-10(13)16-11/h3-8H2,1-2H3,(H2,13,14,15,16). The molecule has 108 valence electrons. The van der Waals surface area contributed by atoms with Crippen molar-refractivity contribution in [3.8, 4) is 0 Å². The maximum absolute atomic E-state index is 5.83. The molecule has 0 radical (unpaired) electrons. The Hall–Kier alpha value is -0.400. The summed E-state index contributed by atoms with van der Waals surface area (Å²) in [5.41, 5.74) is 5.62. The highest BCUT2D eigenvalue weighted by atomic mass is 35.5. The lowest BCUT2D eigenvalue weighted by atomic mass is 10.4. The fraction of sp³-hybridized carbons (Fsp3) is 0.727. The van der Waals surface area contributed by atoms with E-state index in [-0.39, 0.29) is 11.2 Å². The third-order valence-corrected chi connectivity index (χ3v) is 4.73. The number of hydrogen-bond donors (Lipinski definition) is 1. The molecule has 0 saturated carbocycles. The number of rotatable bonds is 9. The van der Waals surface area contributed by atoms with E-state index in [9.17, 15) is 0 Å². The Kier molecular flexibility index (Phi) is 8.32. The van der Waals surface area contributed by atoms with Gasteiger partial charge >= 0.3 is 0 Å². The lowest BCUT2D eigenvalue weighted by molar-refractivity contribution is 0.893. The van der Waals surface area contributed by atoms with Crippen LogP contribution in [0.15, 0.2) is 0 Å². The highest BCUT2D eigenvalue weighted by Crippen LogP contribution is 2.29. The minimum atomic E-state index is 0.139. The van der Waals surface area contributed by atoms with Gasteiger partial charge in [0.15, 0.2) is 0 Å². The molecule has 0 atom stereocenters. The Labute approximate surface area is 128 Å². The molecule has 1 aromatic heterocycles.